The third-order valence-corrected chi connectivity index (χ3v) is 1.97. The fourth-order valence-electron chi connectivity index (χ4n) is 1.14. The van der Waals surface area contributed by atoms with Crippen LogP contribution in [0.3, 0.4) is 0 Å². The lowest BCUT2D eigenvalue weighted by Gasteiger charge is -2.07. The second-order valence-corrected chi connectivity index (χ2v) is 3.24. The number of carboxylic acid groups (broad SMARTS) is 1. The van der Waals surface area contributed by atoms with Gasteiger partial charge in [0, 0.05) is 6.42 Å². The topological polar surface area (TPSA) is 63.3 Å². The number of nitrogens with two attached hydrogens (primary N) is 1. The Bertz CT molecular complexity index is 352. The van der Waals surface area contributed by atoms with Gasteiger partial charge in [0.15, 0.2) is 0 Å². The third kappa shape index (κ3) is 2.53. The van der Waals surface area contributed by atoms with E-state index < -0.39 is 17.8 Å². The van der Waals surface area contributed by atoms with E-state index in [1.807, 2.05) is 0 Å². The quantitative estimate of drug-likeness (QED) is 0.762. The minimum absolute atomic E-state index is 0.0153. The van der Waals surface area contributed by atoms with Crippen molar-refractivity contribution in [3.63, 3.8) is 0 Å². The van der Waals surface area contributed by atoms with Gasteiger partial charge < -0.3 is 10.8 Å². The van der Waals surface area contributed by atoms with E-state index in [1.54, 1.807) is 19.1 Å². The van der Waals surface area contributed by atoms with Crippen molar-refractivity contribution in [3.8, 4) is 0 Å². The van der Waals surface area contributed by atoms with Crippen LogP contribution in [-0.2, 0) is 11.2 Å². The molecule has 3 nitrogen and oxygen atoms in total. The maximum Gasteiger partial charge on any atom is 0.320 e. The van der Waals surface area contributed by atoms with Gasteiger partial charge in [-0.1, -0.05) is 12.1 Å². The molecule has 0 amide bonds. The van der Waals surface area contributed by atoms with Crippen LogP contribution in [0.1, 0.15) is 11.1 Å². The molecule has 0 spiro atoms. The average molecular weight is 197 g/mol. The van der Waals surface area contributed by atoms with Gasteiger partial charge in [0.25, 0.3) is 0 Å². The van der Waals surface area contributed by atoms with Crippen LogP contribution in [0.5, 0.6) is 0 Å². The van der Waals surface area contributed by atoms with Crippen molar-refractivity contribution >= 4 is 5.97 Å². The van der Waals surface area contributed by atoms with Gasteiger partial charge in [-0.05, 0) is 24.1 Å². The normalized spacial score (nSPS) is 12.5. The van der Waals surface area contributed by atoms with Crippen molar-refractivity contribution in [1.82, 2.24) is 0 Å². The summed E-state index contributed by atoms with van der Waals surface area (Å²) in [6, 6.07) is 3.61. The molecular weight excluding hydrogens is 185 g/mol. The number of benzene rings is 1. The smallest absolute Gasteiger partial charge is 0.320 e. The summed E-state index contributed by atoms with van der Waals surface area (Å²) in [5.41, 5.74) is 6.43. The van der Waals surface area contributed by atoms with E-state index in [2.05, 4.69) is 0 Å². The Hall–Kier alpha value is -1.42. The van der Waals surface area contributed by atoms with Gasteiger partial charge >= 0.3 is 5.97 Å². The Morgan fingerprint density at radius 3 is 2.79 bits per heavy atom. The molecule has 0 aliphatic heterocycles. The molecule has 1 atom stereocenters. The maximum atomic E-state index is 13.2. The molecule has 0 aliphatic carbocycles. The van der Waals surface area contributed by atoms with Crippen LogP contribution in [-0.4, -0.2) is 17.1 Å². The number of aryl methyl sites for hydroxylation is 1. The van der Waals surface area contributed by atoms with Gasteiger partial charge in [0.1, 0.15) is 11.9 Å². The zero-order chi connectivity index (χ0) is 10.7. The number of rotatable bonds is 3. The van der Waals surface area contributed by atoms with Gasteiger partial charge in [-0.25, -0.2) is 4.39 Å². The number of hydrogen-bond donors (Lipinski definition) is 2. The van der Waals surface area contributed by atoms with E-state index in [0.29, 0.717) is 5.56 Å². The summed E-state index contributed by atoms with van der Waals surface area (Å²) in [6.45, 7) is 1.77. The summed E-state index contributed by atoms with van der Waals surface area (Å²) < 4.78 is 13.2. The van der Waals surface area contributed by atoms with Gasteiger partial charge in [-0.15, -0.1) is 0 Å². The van der Waals surface area contributed by atoms with Crippen LogP contribution in [0.15, 0.2) is 18.2 Å². The van der Waals surface area contributed by atoms with Crippen molar-refractivity contribution in [2.24, 2.45) is 5.73 Å². The summed E-state index contributed by atoms with van der Waals surface area (Å²) in [7, 11) is 0. The lowest BCUT2D eigenvalue weighted by atomic mass is 10.0. The van der Waals surface area contributed by atoms with Crippen molar-refractivity contribution in [2.45, 2.75) is 19.4 Å². The Balaban J connectivity index is 2.82. The van der Waals surface area contributed by atoms with Gasteiger partial charge in [0.2, 0.25) is 0 Å². The van der Waals surface area contributed by atoms with E-state index in [-0.39, 0.29) is 6.42 Å². The average Bonchev–Trinajstić information content (AvgIpc) is 2.09. The second-order valence-electron chi connectivity index (χ2n) is 3.24. The Morgan fingerprint density at radius 1 is 1.64 bits per heavy atom. The van der Waals surface area contributed by atoms with Crippen LogP contribution in [0.25, 0.3) is 0 Å². The molecule has 1 rings (SSSR count). The lowest BCUT2D eigenvalue weighted by Crippen LogP contribution is -2.32. The van der Waals surface area contributed by atoms with Crippen molar-refractivity contribution in [1.29, 1.82) is 0 Å². The van der Waals surface area contributed by atoms with Crippen LogP contribution in [0.2, 0.25) is 0 Å². The minimum Gasteiger partial charge on any atom is -0.480 e. The van der Waals surface area contributed by atoms with E-state index in [9.17, 15) is 9.18 Å². The standard InChI is InChI=1S/C10H12FNO2/c1-6-2-3-7(8(11)4-6)5-9(12)10(13)14/h2-4,9H,5,12H2,1H3,(H,13,14). The summed E-state index contributed by atoms with van der Waals surface area (Å²) in [5.74, 6) is -1.52. The Morgan fingerprint density at radius 2 is 2.29 bits per heavy atom. The molecule has 0 aromatic heterocycles. The largest absolute Gasteiger partial charge is 0.480 e. The second kappa shape index (κ2) is 4.19. The van der Waals surface area contributed by atoms with E-state index in [1.165, 1.54) is 6.07 Å². The fourth-order valence-corrected chi connectivity index (χ4v) is 1.14. The molecule has 0 aliphatic rings. The minimum atomic E-state index is -1.12. The molecule has 0 saturated carbocycles. The third-order valence-electron chi connectivity index (χ3n) is 1.97. The number of carbonyl (C=O) groups is 1. The van der Waals surface area contributed by atoms with Gasteiger partial charge in [-0.3, -0.25) is 4.79 Å². The number of hydrogen-bond acceptors (Lipinski definition) is 2. The lowest BCUT2D eigenvalue weighted by molar-refractivity contribution is -0.138. The van der Waals surface area contributed by atoms with Gasteiger partial charge in [0.05, 0.1) is 0 Å². The maximum absolute atomic E-state index is 13.2. The summed E-state index contributed by atoms with van der Waals surface area (Å²) in [4.78, 5) is 10.4. The summed E-state index contributed by atoms with van der Waals surface area (Å²) in [6.07, 6.45) is 0.0153. The summed E-state index contributed by atoms with van der Waals surface area (Å²) in [5, 5.41) is 8.54. The first-order valence-electron chi connectivity index (χ1n) is 4.24. The molecule has 1 aromatic carbocycles. The van der Waals surface area contributed by atoms with E-state index >= 15 is 0 Å². The molecule has 3 N–H and O–H groups in total. The fraction of sp³-hybridized carbons (Fsp3) is 0.300. The predicted octanol–water partition coefficient (Wildman–Crippen LogP) is 1.09. The van der Waals surface area contributed by atoms with Gasteiger partial charge in [-0.2, -0.15) is 0 Å². The zero-order valence-electron chi connectivity index (χ0n) is 7.83. The van der Waals surface area contributed by atoms with E-state index in [0.717, 1.165) is 5.56 Å². The Kier molecular flexibility index (Phi) is 3.19. The molecule has 4 heteroatoms. The first kappa shape index (κ1) is 10.7. The van der Waals surface area contributed by atoms with Crippen molar-refractivity contribution in [2.75, 3.05) is 0 Å². The highest BCUT2D eigenvalue weighted by atomic mass is 19.1. The van der Waals surface area contributed by atoms with Crippen molar-refractivity contribution < 1.29 is 14.3 Å². The molecular formula is C10H12FNO2. The van der Waals surface area contributed by atoms with Crippen LogP contribution in [0, 0.1) is 12.7 Å². The van der Waals surface area contributed by atoms with Crippen LogP contribution < -0.4 is 5.73 Å². The number of halogens is 1. The number of aliphatic carboxylic acids is 1. The molecule has 76 valence electrons. The highest BCUT2D eigenvalue weighted by Gasteiger charge is 2.14. The molecule has 0 heterocycles. The number of carboxylic acids is 1. The van der Waals surface area contributed by atoms with Crippen molar-refractivity contribution in [3.05, 3.63) is 35.1 Å². The van der Waals surface area contributed by atoms with Crippen LogP contribution >= 0.6 is 0 Å². The Labute approximate surface area is 81.4 Å². The monoisotopic (exact) mass is 197 g/mol. The molecule has 0 fully saturated rings. The highest BCUT2D eigenvalue weighted by Crippen LogP contribution is 2.11. The molecule has 1 unspecified atom stereocenters. The zero-order valence-corrected chi connectivity index (χ0v) is 7.83. The first-order valence-corrected chi connectivity index (χ1v) is 4.24. The highest BCUT2D eigenvalue weighted by molar-refractivity contribution is 5.73. The SMILES string of the molecule is Cc1ccc(CC(N)C(=O)O)c(F)c1. The summed E-state index contributed by atoms with van der Waals surface area (Å²) >= 11 is 0. The molecule has 0 saturated heterocycles. The first-order chi connectivity index (χ1) is 6.50. The predicted molar refractivity (Wildman–Crippen MR) is 50.5 cm³/mol. The van der Waals surface area contributed by atoms with Crippen LogP contribution in [0.4, 0.5) is 4.39 Å². The molecule has 1 aromatic rings. The molecule has 0 radical (unpaired) electrons. The van der Waals surface area contributed by atoms with E-state index in [4.69, 9.17) is 10.8 Å². The molecule has 14 heavy (non-hydrogen) atoms. The molecule has 0 bridgehead atoms.